The topological polar surface area (TPSA) is 9.23 Å². The predicted octanol–water partition coefficient (Wildman–Crippen LogP) is 5.27. The molecule has 0 aromatic carbocycles. The third-order valence-corrected chi connectivity index (χ3v) is 4.93. The molecule has 0 aromatic rings. The van der Waals surface area contributed by atoms with E-state index in [1.54, 1.807) is 12.7 Å². The summed E-state index contributed by atoms with van der Waals surface area (Å²) in [6, 6.07) is 0. The SMILES string of the molecule is CCCCCC1CCC(C2=CCC(OC)C=C2)CC1. The summed E-state index contributed by atoms with van der Waals surface area (Å²) in [5.41, 5.74) is 1.58. The maximum atomic E-state index is 5.37. The molecule has 2 aliphatic carbocycles. The summed E-state index contributed by atoms with van der Waals surface area (Å²) >= 11 is 0. The van der Waals surface area contributed by atoms with Gasteiger partial charge < -0.3 is 4.74 Å². The summed E-state index contributed by atoms with van der Waals surface area (Å²) in [4.78, 5) is 0. The van der Waals surface area contributed by atoms with Crippen LogP contribution in [0.2, 0.25) is 0 Å². The first kappa shape index (κ1) is 14.8. The summed E-state index contributed by atoms with van der Waals surface area (Å²) in [5, 5.41) is 0. The molecule has 1 nitrogen and oxygen atoms in total. The van der Waals surface area contributed by atoms with Crippen molar-refractivity contribution in [3.8, 4) is 0 Å². The summed E-state index contributed by atoms with van der Waals surface area (Å²) < 4.78 is 5.37. The fourth-order valence-electron chi connectivity index (χ4n) is 3.56. The molecular formula is C18H30O. The van der Waals surface area contributed by atoms with Crippen molar-refractivity contribution in [2.45, 2.75) is 70.8 Å². The summed E-state index contributed by atoms with van der Waals surface area (Å²) in [6.07, 6.45) is 19.8. The summed E-state index contributed by atoms with van der Waals surface area (Å²) in [6.45, 7) is 2.30. The highest BCUT2D eigenvalue weighted by Gasteiger charge is 2.23. The number of methoxy groups -OCH3 is 1. The van der Waals surface area contributed by atoms with Crippen molar-refractivity contribution in [2.24, 2.45) is 11.8 Å². The maximum absolute atomic E-state index is 5.37. The van der Waals surface area contributed by atoms with Crippen LogP contribution in [0.5, 0.6) is 0 Å². The molecule has 1 saturated carbocycles. The molecule has 2 rings (SSSR count). The van der Waals surface area contributed by atoms with Crippen LogP contribution in [-0.4, -0.2) is 13.2 Å². The molecule has 108 valence electrons. The van der Waals surface area contributed by atoms with E-state index in [9.17, 15) is 0 Å². The maximum Gasteiger partial charge on any atom is 0.0789 e. The van der Waals surface area contributed by atoms with E-state index in [0.29, 0.717) is 6.10 Å². The fourth-order valence-corrected chi connectivity index (χ4v) is 3.56. The van der Waals surface area contributed by atoms with Gasteiger partial charge in [-0.05, 0) is 49.5 Å². The van der Waals surface area contributed by atoms with Crippen LogP contribution in [0.4, 0.5) is 0 Å². The van der Waals surface area contributed by atoms with Crippen LogP contribution >= 0.6 is 0 Å². The van der Waals surface area contributed by atoms with Crippen molar-refractivity contribution in [1.29, 1.82) is 0 Å². The Balaban J connectivity index is 1.72. The molecule has 19 heavy (non-hydrogen) atoms. The van der Waals surface area contributed by atoms with Crippen LogP contribution in [0, 0.1) is 11.8 Å². The van der Waals surface area contributed by atoms with Gasteiger partial charge in [0, 0.05) is 7.11 Å². The second-order valence-corrected chi connectivity index (χ2v) is 6.29. The molecule has 0 aromatic heterocycles. The molecule has 0 amide bonds. The minimum Gasteiger partial charge on any atom is -0.377 e. The van der Waals surface area contributed by atoms with E-state index in [-0.39, 0.29) is 0 Å². The molecular weight excluding hydrogens is 232 g/mol. The van der Waals surface area contributed by atoms with Gasteiger partial charge in [0.25, 0.3) is 0 Å². The molecule has 0 bridgehead atoms. The van der Waals surface area contributed by atoms with E-state index in [2.05, 4.69) is 25.2 Å². The lowest BCUT2D eigenvalue weighted by atomic mass is 9.76. The van der Waals surface area contributed by atoms with Crippen LogP contribution in [0.3, 0.4) is 0 Å². The molecule has 1 atom stereocenters. The third-order valence-electron chi connectivity index (χ3n) is 4.93. The highest BCUT2D eigenvalue weighted by atomic mass is 16.5. The number of ether oxygens (including phenoxy) is 1. The largest absolute Gasteiger partial charge is 0.377 e. The quantitative estimate of drug-likeness (QED) is 0.592. The molecule has 0 heterocycles. The van der Waals surface area contributed by atoms with Crippen LogP contribution in [-0.2, 0) is 4.74 Å². The molecule has 0 N–H and O–H groups in total. The lowest BCUT2D eigenvalue weighted by molar-refractivity contribution is 0.141. The highest BCUT2D eigenvalue weighted by Crippen LogP contribution is 2.37. The van der Waals surface area contributed by atoms with Crippen molar-refractivity contribution < 1.29 is 4.74 Å². The van der Waals surface area contributed by atoms with Crippen molar-refractivity contribution in [3.05, 3.63) is 23.8 Å². The van der Waals surface area contributed by atoms with E-state index in [1.165, 1.54) is 51.4 Å². The summed E-state index contributed by atoms with van der Waals surface area (Å²) in [7, 11) is 1.80. The van der Waals surface area contributed by atoms with Gasteiger partial charge >= 0.3 is 0 Å². The van der Waals surface area contributed by atoms with Gasteiger partial charge in [0.15, 0.2) is 0 Å². The number of hydrogen-bond donors (Lipinski definition) is 0. The number of rotatable bonds is 6. The number of allylic oxidation sites excluding steroid dienone is 2. The molecule has 1 unspecified atom stereocenters. The Hall–Kier alpha value is -0.560. The monoisotopic (exact) mass is 262 g/mol. The predicted molar refractivity (Wildman–Crippen MR) is 82.2 cm³/mol. The standard InChI is InChI=1S/C18H30O/c1-3-4-5-6-15-7-9-16(10-8-15)17-11-13-18(19-2)14-12-17/h11-13,15-16,18H,3-10,14H2,1-2H3. The Bertz CT molecular complexity index is 308. The van der Waals surface area contributed by atoms with Gasteiger partial charge in [-0.25, -0.2) is 0 Å². The zero-order chi connectivity index (χ0) is 13.5. The first-order chi connectivity index (χ1) is 9.33. The minimum absolute atomic E-state index is 0.314. The van der Waals surface area contributed by atoms with Gasteiger partial charge in [-0.3, -0.25) is 0 Å². The molecule has 0 radical (unpaired) electrons. The van der Waals surface area contributed by atoms with Crippen molar-refractivity contribution in [3.63, 3.8) is 0 Å². The van der Waals surface area contributed by atoms with Gasteiger partial charge in [0.2, 0.25) is 0 Å². The van der Waals surface area contributed by atoms with Crippen LogP contribution in [0.25, 0.3) is 0 Å². The van der Waals surface area contributed by atoms with Crippen molar-refractivity contribution >= 4 is 0 Å². The first-order valence-electron chi connectivity index (χ1n) is 8.24. The lowest BCUT2D eigenvalue weighted by Gasteiger charge is -2.30. The average molecular weight is 262 g/mol. The normalized spacial score (nSPS) is 31.3. The van der Waals surface area contributed by atoms with E-state index < -0.39 is 0 Å². The Morgan fingerprint density at radius 2 is 1.95 bits per heavy atom. The first-order valence-corrected chi connectivity index (χ1v) is 8.24. The Kier molecular flexibility index (Phi) is 6.16. The van der Waals surface area contributed by atoms with E-state index >= 15 is 0 Å². The van der Waals surface area contributed by atoms with Gasteiger partial charge in [0.1, 0.15) is 0 Å². The summed E-state index contributed by atoms with van der Waals surface area (Å²) in [5.74, 6) is 1.85. The minimum atomic E-state index is 0.314. The molecule has 0 aliphatic heterocycles. The highest BCUT2D eigenvalue weighted by molar-refractivity contribution is 5.27. The van der Waals surface area contributed by atoms with Gasteiger partial charge in [-0.2, -0.15) is 0 Å². The molecule has 0 saturated heterocycles. The number of unbranched alkanes of at least 4 members (excludes halogenated alkanes) is 2. The molecule has 1 heteroatoms. The van der Waals surface area contributed by atoms with Crippen molar-refractivity contribution in [1.82, 2.24) is 0 Å². The Morgan fingerprint density at radius 3 is 2.53 bits per heavy atom. The molecule has 2 aliphatic rings. The van der Waals surface area contributed by atoms with E-state index in [0.717, 1.165) is 18.3 Å². The second kappa shape index (κ2) is 7.89. The van der Waals surface area contributed by atoms with Gasteiger partial charge in [-0.15, -0.1) is 0 Å². The number of hydrogen-bond acceptors (Lipinski definition) is 1. The third kappa shape index (κ3) is 4.49. The molecule has 1 fully saturated rings. The zero-order valence-corrected chi connectivity index (χ0v) is 12.7. The van der Waals surface area contributed by atoms with Gasteiger partial charge in [-0.1, -0.05) is 50.8 Å². The zero-order valence-electron chi connectivity index (χ0n) is 12.7. The smallest absolute Gasteiger partial charge is 0.0789 e. The Labute approximate surface area is 119 Å². The van der Waals surface area contributed by atoms with Crippen LogP contribution in [0.1, 0.15) is 64.7 Å². The fraction of sp³-hybridized carbons (Fsp3) is 0.778. The Morgan fingerprint density at radius 1 is 1.16 bits per heavy atom. The van der Waals surface area contributed by atoms with E-state index in [1.807, 2.05) is 0 Å². The van der Waals surface area contributed by atoms with Crippen LogP contribution in [0.15, 0.2) is 23.8 Å². The van der Waals surface area contributed by atoms with Gasteiger partial charge in [0.05, 0.1) is 6.10 Å². The van der Waals surface area contributed by atoms with E-state index in [4.69, 9.17) is 4.74 Å². The average Bonchev–Trinajstić information content (AvgIpc) is 2.48. The second-order valence-electron chi connectivity index (χ2n) is 6.29. The lowest BCUT2D eigenvalue weighted by Crippen LogP contribution is -2.18. The van der Waals surface area contributed by atoms with Crippen molar-refractivity contribution in [2.75, 3.05) is 7.11 Å². The van der Waals surface area contributed by atoms with Crippen LogP contribution < -0.4 is 0 Å². The molecule has 0 spiro atoms.